The fraction of sp³-hybridized carbons (Fsp3) is 0.227. The molecule has 4 nitrogen and oxygen atoms in total. The van der Waals surface area contributed by atoms with Crippen LogP contribution in [0.15, 0.2) is 58.5 Å². The smallest absolute Gasteiger partial charge is 0.416 e. The number of aryl methyl sites for hydroxylation is 1. The van der Waals surface area contributed by atoms with E-state index in [0.29, 0.717) is 22.8 Å². The molecular formula is C22H20F3NO3. The van der Waals surface area contributed by atoms with Crippen LogP contribution in [0.3, 0.4) is 0 Å². The molecule has 0 saturated carbocycles. The first-order valence-electron chi connectivity index (χ1n) is 8.91. The Morgan fingerprint density at radius 1 is 1.17 bits per heavy atom. The first-order valence-corrected chi connectivity index (χ1v) is 8.91. The van der Waals surface area contributed by atoms with Gasteiger partial charge < -0.3 is 14.3 Å². The molecule has 29 heavy (non-hydrogen) atoms. The lowest BCUT2D eigenvalue weighted by Gasteiger charge is -2.06. The number of aliphatic hydroxyl groups is 1. The van der Waals surface area contributed by atoms with Crippen LogP contribution in [0.5, 0.6) is 5.75 Å². The number of hydrogen-bond donors (Lipinski definition) is 1. The van der Waals surface area contributed by atoms with Gasteiger partial charge in [0.15, 0.2) is 0 Å². The summed E-state index contributed by atoms with van der Waals surface area (Å²) in [4.78, 5) is 4.35. The Bertz CT molecular complexity index is 1000. The molecule has 0 saturated heterocycles. The fourth-order valence-electron chi connectivity index (χ4n) is 2.66. The summed E-state index contributed by atoms with van der Waals surface area (Å²) < 4.78 is 49.5. The number of benzene rings is 2. The van der Waals surface area contributed by atoms with Crippen molar-refractivity contribution in [2.24, 2.45) is 0 Å². The Labute approximate surface area is 166 Å². The van der Waals surface area contributed by atoms with E-state index in [-0.39, 0.29) is 19.1 Å². The maximum atomic E-state index is 12.7. The van der Waals surface area contributed by atoms with Gasteiger partial charge in [-0.1, -0.05) is 18.2 Å². The van der Waals surface area contributed by atoms with Crippen LogP contribution in [0.2, 0.25) is 0 Å². The predicted molar refractivity (Wildman–Crippen MR) is 103 cm³/mol. The van der Waals surface area contributed by atoms with Crippen LogP contribution in [-0.2, 0) is 12.8 Å². The zero-order valence-electron chi connectivity index (χ0n) is 16.0. The van der Waals surface area contributed by atoms with Crippen LogP contribution < -0.4 is 4.74 Å². The second-order valence-corrected chi connectivity index (χ2v) is 6.61. The highest BCUT2D eigenvalue weighted by Crippen LogP contribution is 2.31. The van der Waals surface area contributed by atoms with Crippen molar-refractivity contribution in [1.29, 1.82) is 0 Å². The predicted octanol–water partition coefficient (Wildman–Crippen LogP) is 5.64. The maximum absolute atomic E-state index is 12.7. The number of hydrogen-bond acceptors (Lipinski definition) is 4. The molecule has 1 heterocycles. The van der Waals surface area contributed by atoms with Crippen LogP contribution in [0, 0.1) is 6.92 Å². The number of oxazole rings is 1. The Balaban J connectivity index is 1.72. The van der Waals surface area contributed by atoms with E-state index in [4.69, 9.17) is 14.3 Å². The summed E-state index contributed by atoms with van der Waals surface area (Å²) in [5, 5.41) is 9.13. The highest BCUT2D eigenvalue weighted by Gasteiger charge is 2.30. The molecule has 1 N–H and O–H groups in total. The molecule has 3 aromatic rings. The summed E-state index contributed by atoms with van der Waals surface area (Å²) in [5.74, 6) is 1.40. The van der Waals surface area contributed by atoms with Crippen molar-refractivity contribution in [2.75, 3.05) is 6.61 Å². The summed E-state index contributed by atoms with van der Waals surface area (Å²) in [6, 6.07) is 12.0. The van der Waals surface area contributed by atoms with Gasteiger partial charge in [-0.25, -0.2) is 4.98 Å². The van der Waals surface area contributed by atoms with Gasteiger partial charge in [0.25, 0.3) is 0 Å². The fourth-order valence-corrected chi connectivity index (χ4v) is 2.66. The van der Waals surface area contributed by atoms with Crippen LogP contribution in [0.25, 0.3) is 17.5 Å². The molecule has 0 radical (unpaired) electrons. The highest BCUT2D eigenvalue weighted by atomic mass is 19.4. The van der Waals surface area contributed by atoms with Crippen molar-refractivity contribution >= 4 is 6.08 Å². The van der Waals surface area contributed by atoms with E-state index < -0.39 is 11.7 Å². The normalized spacial score (nSPS) is 12.3. The number of ether oxygens (including phenoxy) is 1. The molecular weight excluding hydrogens is 383 g/mol. The lowest BCUT2D eigenvalue weighted by molar-refractivity contribution is -0.137. The van der Waals surface area contributed by atoms with E-state index in [9.17, 15) is 13.2 Å². The SMILES string of the molecule is C/C(=C\c1cccc(OCc2nc(-c3ccc(C(F)(F)F)cc3)oc2C)c1)CO. The van der Waals surface area contributed by atoms with Crippen LogP contribution >= 0.6 is 0 Å². The number of rotatable bonds is 6. The number of aromatic nitrogens is 1. The largest absolute Gasteiger partial charge is 0.487 e. The Hall–Kier alpha value is -3.06. The molecule has 152 valence electrons. The van der Waals surface area contributed by atoms with E-state index in [2.05, 4.69) is 4.98 Å². The molecule has 1 aromatic heterocycles. The van der Waals surface area contributed by atoms with Crippen LogP contribution in [-0.4, -0.2) is 16.7 Å². The van der Waals surface area contributed by atoms with Gasteiger partial charge in [0, 0.05) is 5.56 Å². The van der Waals surface area contributed by atoms with E-state index in [1.807, 2.05) is 31.2 Å². The third-order valence-corrected chi connectivity index (χ3v) is 4.25. The molecule has 0 atom stereocenters. The zero-order valence-corrected chi connectivity index (χ0v) is 16.0. The van der Waals surface area contributed by atoms with Crippen LogP contribution in [0.4, 0.5) is 13.2 Å². The second-order valence-electron chi connectivity index (χ2n) is 6.61. The van der Waals surface area contributed by atoms with Crippen molar-refractivity contribution in [3.05, 3.63) is 76.7 Å². The first-order chi connectivity index (χ1) is 13.8. The molecule has 0 bridgehead atoms. The third-order valence-electron chi connectivity index (χ3n) is 4.25. The molecule has 0 aliphatic carbocycles. The molecule has 0 aliphatic heterocycles. The van der Waals surface area contributed by atoms with E-state index in [0.717, 1.165) is 23.3 Å². The molecule has 0 aliphatic rings. The highest BCUT2D eigenvalue weighted by molar-refractivity contribution is 5.55. The third kappa shape index (κ3) is 5.26. The minimum absolute atomic E-state index is 0.0179. The lowest BCUT2D eigenvalue weighted by atomic mass is 10.1. The van der Waals surface area contributed by atoms with Crippen LogP contribution in [0.1, 0.15) is 29.5 Å². The van der Waals surface area contributed by atoms with Gasteiger partial charge in [0.05, 0.1) is 12.2 Å². The molecule has 2 aromatic carbocycles. The minimum Gasteiger partial charge on any atom is -0.487 e. The second kappa shape index (κ2) is 8.53. The summed E-state index contributed by atoms with van der Waals surface area (Å²) in [5.41, 5.74) is 2.02. The maximum Gasteiger partial charge on any atom is 0.416 e. The quantitative estimate of drug-likeness (QED) is 0.578. The Morgan fingerprint density at radius 2 is 1.90 bits per heavy atom. The standard InChI is InChI=1S/C22H20F3NO3/c1-14(12-27)10-16-4-3-5-19(11-16)28-13-20-15(2)29-21(26-20)17-6-8-18(9-7-17)22(23,24)25/h3-11,27H,12-13H2,1-2H3/b14-10+. The number of nitrogens with zero attached hydrogens (tertiary/aromatic N) is 1. The van der Waals surface area contributed by atoms with E-state index in [1.165, 1.54) is 12.1 Å². The van der Waals surface area contributed by atoms with E-state index >= 15 is 0 Å². The molecule has 0 fully saturated rings. The van der Waals surface area contributed by atoms with Crippen molar-refractivity contribution in [1.82, 2.24) is 4.98 Å². The summed E-state index contributed by atoms with van der Waals surface area (Å²) >= 11 is 0. The van der Waals surface area contributed by atoms with Gasteiger partial charge >= 0.3 is 6.18 Å². The van der Waals surface area contributed by atoms with Crippen molar-refractivity contribution < 1.29 is 27.4 Å². The van der Waals surface area contributed by atoms with Gasteiger partial charge in [-0.2, -0.15) is 13.2 Å². The Kier molecular flexibility index (Phi) is 6.08. The molecule has 7 heteroatoms. The summed E-state index contributed by atoms with van der Waals surface area (Å²) in [6.45, 7) is 3.69. The van der Waals surface area contributed by atoms with Gasteiger partial charge in [0.2, 0.25) is 5.89 Å². The van der Waals surface area contributed by atoms with Crippen molar-refractivity contribution in [2.45, 2.75) is 26.6 Å². The topological polar surface area (TPSA) is 55.5 Å². The van der Waals surface area contributed by atoms with Gasteiger partial charge in [0.1, 0.15) is 23.8 Å². The number of aliphatic hydroxyl groups excluding tert-OH is 1. The number of alkyl halides is 3. The number of halogens is 3. The van der Waals surface area contributed by atoms with E-state index in [1.54, 1.807) is 13.0 Å². The van der Waals surface area contributed by atoms with Gasteiger partial charge in [-0.15, -0.1) is 0 Å². The summed E-state index contributed by atoms with van der Waals surface area (Å²) in [6.07, 6.45) is -2.53. The molecule has 0 amide bonds. The average Bonchev–Trinajstić information content (AvgIpc) is 3.06. The summed E-state index contributed by atoms with van der Waals surface area (Å²) in [7, 11) is 0. The molecule has 0 unspecified atom stereocenters. The average molecular weight is 403 g/mol. The van der Waals surface area contributed by atoms with Crippen molar-refractivity contribution in [3.63, 3.8) is 0 Å². The minimum atomic E-state index is -4.39. The molecule has 3 rings (SSSR count). The van der Waals surface area contributed by atoms with Gasteiger partial charge in [-0.05, 0) is 61.4 Å². The lowest BCUT2D eigenvalue weighted by Crippen LogP contribution is -2.04. The van der Waals surface area contributed by atoms with Crippen molar-refractivity contribution in [3.8, 4) is 17.2 Å². The first kappa shape index (κ1) is 20.7. The Morgan fingerprint density at radius 3 is 2.55 bits per heavy atom. The molecule has 0 spiro atoms. The van der Waals surface area contributed by atoms with Gasteiger partial charge in [-0.3, -0.25) is 0 Å². The zero-order chi connectivity index (χ0) is 21.0. The monoisotopic (exact) mass is 403 g/mol.